The van der Waals surface area contributed by atoms with Gasteiger partial charge in [-0.1, -0.05) is 11.6 Å². The van der Waals surface area contributed by atoms with E-state index < -0.39 is 4.92 Å². The van der Waals surface area contributed by atoms with Gasteiger partial charge >= 0.3 is 0 Å². The van der Waals surface area contributed by atoms with Crippen molar-refractivity contribution in [3.63, 3.8) is 0 Å². The van der Waals surface area contributed by atoms with Gasteiger partial charge in [-0.3, -0.25) is 14.8 Å². The van der Waals surface area contributed by atoms with E-state index in [1.165, 1.54) is 13.0 Å². The monoisotopic (exact) mass is 279 g/mol. The fourth-order valence-corrected chi connectivity index (χ4v) is 2.06. The summed E-state index contributed by atoms with van der Waals surface area (Å²) in [4.78, 5) is 10.3. The van der Waals surface area contributed by atoms with Gasteiger partial charge in [-0.05, 0) is 32.0 Å². The van der Waals surface area contributed by atoms with E-state index in [1.54, 1.807) is 12.1 Å². The molecule has 0 aliphatic rings. The Hall–Kier alpha value is -1.88. The largest absolute Gasteiger partial charge is 0.262 e. The molecule has 2 rings (SSSR count). The Bertz CT molecular complexity index is 674. The summed E-state index contributed by atoms with van der Waals surface area (Å²) < 4.78 is 1.84. The van der Waals surface area contributed by atoms with E-state index in [2.05, 4.69) is 5.10 Å². The molecule has 1 aromatic heterocycles. The molecule has 0 N–H and O–H groups in total. The highest BCUT2D eigenvalue weighted by molar-refractivity contribution is 6.31. The third-order valence-electron chi connectivity index (χ3n) is 2.82. The summed E-state index contributed by atoms with van der Waals surface area (Å²) in [6.45, 7) is 5.47. The third-order valence-corrected chi connectivity index (χ3v) is 3.05. The lowest BCUT2D eigenvalue weighted by atomic mass is 10.2. The first-order chi connectivity index (χ1) is 8.90. The molecule has 0 atom stereocenters. The lowest BCUT2D eigenvalue weighted by Crippen LogP contribution is -2.02. The van der Waals surface area contributed by atoms with Gasteiger partial charge in [-0.25, -0.2) is 0 Å². The van der Waals surface area contributed by atoms with Crippen LogP contribution in [0.15, 0.2) is 23.9 Å². The van der Waals surface area contributed by atoms with Gasteiger partial charge < -0.3 is 0 Å². The minimum atomic E-state index is -0.426. The van der Waals surface area contributed by atoms with Crippen LogP contribution < -0.4 is 0 Å². The molecule has 0 aliphatic heterocycles. The maximum Gasteiger partial charge on any atom is 0.245 e. The average Bonchev–Trinajstić information content (AvgIpc) is 2.67. The zero-order valence-corrected chi connectivity index (χ0v) is 11.7. The minimum Gasteiger partial charge on any atom is -0.262 e. The Labute approximate surface area is 115 Å². The zero-order chi connectivity index (χ0) is 14.2. The molecule has 0 amide bonds. The molecular formula is C13H14ClN3O2. The van der Waals surface area contributed by atoms with E-state index in [-0.39, 0.29) is 11.7 Å². The summed E-state index contributed by atoms with van der Waals surface area (Å²) in [5, 5.41) is 16.6. The van der Waals surface area contributed by atoms with Crippen LogP contribution in [0.1, 0.15) is 32.5 Å². The molecule has 1 aromatic carbocycles. The first-order valence-corrected chi connectivity index (χ1v) is 6.28. The van der Waals surface area contributed by atoms with Crippen LogP contribution in [0.2, 0.25) is 5.02 Å². The first kappa shape index (κ1) is 13.5. The summed E-state index contributed by atoms with van der Waals surface area (Å²) in [5.74, 6) is 0. The number of benzene rings is 1. The van der Waals surface area contributed by atoms with Crippen LogP contribution in [0.4, 0.5) is 0 Å². The van der Waals surface area contributed by atoms with Crippen molar-refractivity contribution >= 4 is 28.6 Å². The minimum absolute atomic E-state index is 0.0512. The number of hydrogen-bond acceptors (Lipinski definition) is 3. The van der Waals surface area contributed by atoms with Crippen molar-refractivity contribution in [2.45, 2.75) is 26.8 Å². The number of rotatable bonds is 3. The van der Waals surface area contributed by atoms with Gasteiger partial charge in [-0.15, -0.1) is 0 Å². The Kier molecular flexibility index (Phi) is 3.57. The number of nitrogens with zero attached hydrogens (tertiary/aromatic N) is 3. The van der Waals surface area contributed by atoms with Gasteiger partial charge in [0.05, 0.1) is 16.1 Å². The third kappa shape index (κ3) is 2.61. The number of aromatic nitrogens is 2. The smallest absolute Gasteiger partial charge is 0.245 e. The number of allylic oxidation sites excluding steroid dienone is 1. The lowest BCUT2D eigenvalue weighted by molar-refractivity contribution is -0.422. The van der Waals surface area contributed by atoms with Crippen molar-refractivity contribution in [2.24, 2.45) is 0 Å². The average molecular weight is 280 g/mol. The van der Waals surface area contributed by atoms with Gasteiger partial charge in [0, 0.05) is 29.5 Å². The van der Waals surface area contributed by atoms with Gasteiger partial charge in [-0.2, -0.15) is 5.10 Å². The van der Waals surface area contributed by atoms with Crippen molar-refractivity contribution in [3.8, 4) is 0 Å². The maximum atomic E-state index is 10.7. The summed E-state index contributed by atoms with van der Waals surface area (Å²) >= 11 is 5.99. The molecular weight excluding hydrogens is 266 g/mol. The topological polar surface area (TPSA) is 61.0 Å². The molecule has 0 bridgehead atoms. The van der Waals surface area contributed by atoms with Gasteiger partial charge in [0.15, 0.2) is 0 Å². The van der Waals surface area contributed by atoms with Crippen LogP contribution in [0.25, 0.3) is 17.0 Å². The molecule has 0 unspecified atom stereocenters. The molecule has 0 saturated heterocycles. The number of fused-ring (bicyclic) bond motifs is 1. The van der Waals surface area contributed by atoms with Crippen LogP contribution >= 0.6 is 11.6 Å². The molecule has 0 spiro atoms. The van der Waals surface area contributed by atoms with Crippen molar-refractivity contribution < 1.29 is 4.92 Å². The number of halogens is 1. The van der Waals surface area contributed by atoms with E-state index in [1.807, 2.05) is 24.6 Å². The Morgan fingerprint density at radius 1 is 1.53 bits per heavy atom. The quantitative estimate of drug-likeness (QED) is 0.632. The molecule has 6 heteroatoms. The summed E-state index contributed by atoms with van der Waals surface area (Å²) in [5.41, 5.74) is 1.54. The normalized spacial score (nSPS) is 12.4. The SMILES string of the molecule is CC(=Cc1nn(C(C)C)c2ccc(Cl)cc12)[N+](=O)[O-]. The van der Waals surface area contributed by atoms with Crippen molar-refractivity contribution in [1.29, 1.82) is 0 Å². The second-order valence-corrected chi connectivity index (χ2v) is 5.06. The van der Waals surface area contributed by atoms with Crippen molar-refractivity contribution in [1.82, 2.24) is 9.78 Å². The number of nitro groups is 1. The molecule has 0 saturated carbocycles. The fourth-order valence-electron chi connectivity index (χ4n) is 1.89. The van der Waals surface area contributed by atoms with Crippen LogP contribution in [-0.4, -0.2) is 14.7 Å². The van der Waals surface area contributed by atoms with Gasteiger partial charge in [0.1, 0.15) is 0 Å². The highest BCUT2D eigenvalue weighted by Gasteiger charge is 2.13. The molecule has 100 valence electrons. The van der Waals surface area contributed by atoms with Crippen LogP contribution in [0.5, 0.6) is 0 Å². The highest BCUT2D eigenvalue weighted by Crippen LogP contribution is 2.26. The van der Waals surface area contributed by atoms with Gasteiger partial charge in [0.25, 0.3) is 0 Å². The van der Waals surface area contributed by atoms with E-state index in [0.29, 0.717) is 10.7 Å². The standard InChI is InChI=1S/C13H14ClN3O2/c1-8(2)16-13-5-4-10(14)7-11(13)12(15-16)6-9(3)17(18)19/h4-8H,1-3H3. The molecule has 1 heterocycles. The first-order valence-electron chi connectivity index (χ1n) is 5.90. The summed E-state index contributed by atoms with van der Waals surface area (Å²) in [6, 6.07) is 5.62. The van der Waals surface area contributed by atoms with E-state index >= 15 is 0 Å². The van der Waals surface area contributed by atoms with E-state index in [9.17, 15) is 10.1 Å². The molecule has 0 aliphatic carbocycles. The predicted molar refractivity (Wildman–Crippen MR) is 75.8 cm³/mol. The van der Waals surface area contributed by atoms with E-state index in [0.717, 1.165) is 10.9 Å². The number of hydrogen-bond donors (Lipinski definition) is 0. The Balaban J connectivity index is 2.70. The summed E-state index contributed by atoms with van der Waals surface area (Å²) in [6.07, 6.45) is 1.47. The van der Waals surface area contributed by atoms with Crippen LogP contribution in [-0.2, 0) is 0 Å². The molecule has 0 radical (unpaired) electrons. The fraction of sp³-hybridized carbons (Fsp3) is 0.308. The van der Waals surface area contributed by atoms with Crippen molar-refractivity contribution in [3.05, 3.63) is 44.7 Å². The zero-order valence-electron chi connectivity index (χ0n) is 10.9. The molecule has 2 aromatic rings. The van der Waals surface area contributed by atoms with Crippen LogP contribution in [0.3, 0.4) is 0 Å². The maximum absolute atomic E-state index is 10.7. The lowest BCUT2D eigenvalue weighted by Gasteiger charge is -2.06. The van der Waals surface area contributed by atoms with Crippen molar-refractivity contribution in [2.75, 3.05) is 0 Å². The predicted octanol–water partition coefficient (Wildman–Crippen LogP) is 3.91. The van der Waals surface area contributed by atoms with Gasteiger partial charge in [0.2, 0.25) is 5.70 Å². The summed E-state index contributed by atoms with van der Waals surface area (Å²) in [7, 11) is 0. The second-order valence-electron chi connectivity index (χ2n) is 4.63. The van der Waals surface area contributed by atoms with E-state index in [4.69, 9.17) is 11.6 Å². The molecule has 19 heavy (non-hydrogen) atoms. The molecule has 5 nitrogen and oxygen atoms in total. The highest BCUT2D eigenvalue weighted by atomic mass is 35.5. The van der Waals surface area contributed by atoms with Crippen LogP contribution in [0, 0.1) is 10.1 Å². The Morgan fingerprint density at radius 3 is 2.79 bits per heavy atom. The Morgan fingerprint density at radius 2 is 2.21 bits per heavy atom. The second kappa shape index (κ2) is 5.01. The molecule has 0 fully saturated rings.